The number of hydrogen-bond donors (Lipinski definition) is 1. The Bertz CT molecular complexity index is 656. The monoisotopic (exact) mass is 305 g/mol. The quantitative estimate of drug-likeness (QED) is 0.945. The van der Waals surface area contributed by atoms with Crippen LogP contribution in [-0.2, 0) is 4.79 Å². The number of halogens is 1. The van der Waals surface area contributed by atoms with E-state index in [1.54, 1.807) is 12.3 Å². The normalized spacial score (nSPS) is 18.0. The molecule has 3 rings (SSSR count). The highest BCUT2D eigenvalue weighted by Gasteiger charge is 2.26. The lowest BCUT2D eigenvalue weighted by Gasteiger charge is -2.18. The Morgan fingerprint density at radius 1 is 1.48 bits per heavy atom. The van der Waals surface area contributed by atoms with Crippen LogP contribution in [0.25, 0.3) is 0 Å². The molecule has 21 heavy (non-hydrogen) atoms. The first-order valence-electron chi connectivity index (χ1n) is 6.81. The molecule has 6 nitrogen and oxygen atoms in total. The fourth-order valence-corrected chi connectivity index (χ4v) is 2.79. The maximum Gasteiger partial charge on any atom is 0.222 e. The van der Waals surface area contributed by atoms with Gasteiger partial charge < -0.3 is 10.2 Å². The standard InChI is InChI=1S/C14H16ClN5O/c1-10(21)17-13-5-8-20(18-13)11-4-7-19(9-11)14-12(15)3-2-6-16-14/h2-3,5-6,8,11H,4,7,9H2,1H3,(H,17,18,21)/t11-/m0/s1. The van der Waals surface area contributed by atoms with Crippen LogP contribution >= 0.6 is 11.6 Å². The van der Waals surface area contributed by atoms with E-state index >= 15 is 0 Å². The summed E-state index contributed by atoms with van der Waals surface area (Å²) in [4.78, 5) is 17.5. The van der Waals surface area contributed by atoms with Gasteiger partial charge in [0, 0.05) is 38.5 Å². The average Bonchev–Trinajstić information content (AvgIpc) is 3.07. The molecule has 1 amide bonds. The highest BCUT2D eigenvalue weighted by molar-refractivity contribution is 6.32. The molecule has 110 valence electrons. The Kier molecular flexibility index (Phi) is 3.79. The molecular weight excluding hydrogens is 290 g/mol. The number of pyridine rings is 1. The lowest BCUT2D eigenvalue weighted by Crippen LogP contribution is -2.22. The minimum absolute atomic E-state index is 0.117. The van der Waals surface area contributed by atoms with Crippen molar-refractivity contribution < 1.29 is 4.79 Å². The van der Waals surface area contributed by atoms with Gasteiger partial charge in [-0.25, -0.2) is 4.98 Å². The molecule has 1 saturated heterocycles. The summed E-state index contributed by atoms with van der Waals surface area (Å²) in [7, 11) is 0. The van der Waals surface area contributed by atoms with Crippen LogP contribution < -0.4 is 10.2 Å². The van der Waals surface area contributed by atoms with Crippen molar-refractivity contribution in [3.63, 3.8) is 0 Å². The van der Waals surface area contributed by atoms with Gasteiger partial charge in [-0.1, -0.05) is 11.6 Å². The highest BCUT2D eigenvalue weighted by atomic mass is 35.5. The Labute approximate surface area is 127 Å². The SMILES string of the molecule is CC(=O)Nc1ccn([C@H]2CCN(c3ncccc3Cl)C2)n1. The molecule has 1 aliphatic rings. The topological polar surface area (TPSA) is 63.1 Å². The Morgan fingerprint density at radius 2 is 2.33 bits per heavy atom. The number of rotatable bonds is 3. The van der Waals surface area contributed by atoms with Crippen LogP contribution in [0.1, 0.15) is 19.4 Å². The van der Waals surface area contributed by atoms with Gasteiger partial charge in [-0.2, -0.15) is 5.10 Å². The first-order valence-corrected chi connectivity index (χ1v) is 7.19. The van der Waals surface area contributed by atoms with Gasteiger partial charge in [-0.3, -0.25) is 9.48 Å². The Hall–Kier alpha value is -2.08. The van der Waals surface area contributed by atoms with Gasteiger partial charge in [-0.15, -0.1) is 0 Å². The molecule has 0 bridgehead atoms. The van der Waals surface area contributed by atoms with E-state index in [-0.39, 0.29) is 11.9 Å². The second-order valence-electron chi connectivity index (χ2n) is 5.06. The van der Waals surface area contributed by atoms with Crippen LogP contribution in [0.2, 0.25) is 5.02 Å². The largest absolute Gasteiger partial charge is 0.353 e. The van der Waals surface area contributed by atoms with Gasteiger partial charge in [-0.05, 0) is 18.6 Å². The van der Waals surface area contributed by atoms with Crippen LogP contribution in [0.4, 0.5) is 11.6 Å². The molecule has 0 aliphatic carbocycles. The summed E-state index contributed by atoms with van der Waals surface area (Å²) in [6.07, 6.45) is 4.60. The lowest BCUT2D eigenvalue weighted by molar-refractivity contribution is -0.114. The van der Waals surface area contributed by atoms with E-state index < -0.39 is 0 Å². The van der Waals surface area contributed by atoms with Crippen molar-refractivity contribution in [2.45, 2.75) is 19.4 Å². The van der Waals surface area contributed by atoms with Crippen molar-refractivity contribution >= 4 is 29.1 Å². The molecule has 1 fully saturated rings. The number of nitrogens with one attached hydrogen (secondary N) is 1. The van der Waals surface area contributed by atoms with Crippen molar-refractivity contribution in [2.24, 2.45) is 0 Å². The molecule has 0 radical (unpaired) electrons. The maximum absolute atomic E-state index is 11.0. The summed E-state index contributed by atoms with van der Waals surface area (Å²) in [5, 5.41) is 7.73. The van der Waals surface area contributed by atoms with Crippen molar-refractivity contribution in [2.75, 3.05) is 23.3 Å². The number of aromatic nitrogens is 3. The number of nitrogens with zero attached hydrogens (tertiary/aromatic N) is 4. The summed E-state index contributed by atoms with van der Waals surface area (Å²) in [5.41, 5.74) is 0. The molecule has 1 aliphatic heterocycles. The third kappa shape index (κ3) is 3.00. The van der Waals surface area contributed by atoms with Gasteiger partial charge >= 0.3 is 0 Å². The minimum Gasteiger partial charge on any atom is -0.353 e. The number of hydrogen-bond acceptors (Lipinski definition) is 4. The molecule has 2 aromatic rings. The molecule has 0 unspecified atom stereocenters. The summed E-state index contributed by atoms with van der Waals surface area (Å²) in [6, 6.07) is 5.73. The summed E-state index contributed by atoms with van der Waals surface area (Å²) in [6.45, 7) is 3.16. The first-order chi connectivity index (χ1) is 10.1. The Balaban J connectivity index is 1.71. The summed E-state index contributed by atoms with van der Waals surface area (Å²) in [5.74, 6) is 1.28. The predicted octanol–water partition coefficient (Wildman–Crippen LogP) is 2.34. The van der Waals surface area contributed by atoms with E-state index in [2.05, 4.69) is 20.3 Å². The van der Waals surface area contributed by atoms with E-state index in [1.165, 1.54) is 6.92 Å². The molecule has 2 aromatic heterocycles. The van der Waals surface area contributed by atoms with Crippen molar-refractivity contribution in [3.8, 4) is 0 Å². The third-order valence-electron chi connectivity index (χ3n) is 3.49. The van der Waals surface area contributed by atoms with Crippen molar-refractivity contribution in [1.82, 2.24) is 14.8 Å². The molecule has 0 saturated carbocycles. The van der Waals surface area contributed by atoms with E-state index in [9.17, 15) is 4.79 Å². The molecule has 1 N–H and O–H groups in total. The van der Waals surface area contributed by atoms with E-state index in [4.69, 9.17) is 11.6 Å². The van der Waals surface area contributed by atoms with Crippen LogP contribution in [0.5, 0.6) is 0 Å². The molecule has 1 atom stereocenters. The van der Waals surface area contributed by atoms with Gasteiger partial charge in [0.05, 0.1) is 11.1 Å². The van der Waals surface area contributed by atoms with Gasteiger partial charge in [0.2, 0.25) is 5.91 Å². The third-order valence-corrected chi connectivity index (χ3v) is 3.78. The zero-order valence-corrected chi connectivity index (χ0v) is 12.4. The maximum atomic E-state index is 11.0. The predicted molar refractivity (Wildman–Crippen MR) is 81.6 cm³/mol. The van der Waals surface area contributed by atoms with E-state index in [0.29, 0.717) is 10.8 Å². The molecule has 0 spiro atoms. The lowest BCUT2D eigenvalue weighted by atomic mass is 10.3. The fourth-order valence-electron chi connectivity index (χ4n) is 2.55. The van der Waals surface area contributed by atoms with E-state index in [0.717, 1.165) is 25.3 Å². The number of amides is 1. The minimum atomic E-state index is -0.117. The second kappa shape index (κ2) is 5.73. The smallest absolute Gasteiger partial charge is 0.222 e. The number of carbonyl (C=O) groups is 1. The summed E-state index contributed by atoms with van der Waals surface area (Å²) >= 11 is 6.19. The molecule has 0 aromatic carbocycles. The number of anilines is 2. The molecule has 3 heterocycles. The number of carbonyl (C=O) groups excluding carboxylic acids is 1. The van der Waals surface area contributed by atoms with Crippen LogP contribution in [-0.4, -0.2) is 33.8 Å². The van der Waals surface area contributed by atoms with Crippen molar-refractivity contribution in [3.05, 3.63) is 35.6 Å². The van der Waals surface area contributed by atoms with Crippen LogP contribution in [0, 0.1) is 0 Å². The Morgan fingerprint density at radius 3 is 3.10 bits per heavy atom. The second-order valence-corrected chi connectivity index (χ2v) is 5.47. The first kappa shape index (κ1) is 13.9. The van der Waals surface area contributed by atoms with Gasteiger partial charge in [0.15, 0.2) is 5.82 Å². The van der Waals surface area contributed by atoms with Gasteiger partial charge in [0.25, 0.3) is 0 Å². The average molecular weight is 306 g/mol. The highest BCUT2D eigenvalue weighted by Crippen LogP contribution is 2.30. The fraction of sp³-hybridized carbons (Fsp3) is 0.357. The summed E-state index contributed by atoms with van der Waals surface area (Å²) < 4.78 is 1.89. The zero-order valence-electron chi connectivity index (χ0n) is 11.7. The zero-order chi connectivity index (χ0) is 14.8. The molecular formula is C14H16ClN5O. The van der Waals surface area contributed by atoms with Crippen LogP contribution in [0.3, 0.4) is 0 Å². The van der Waals surface area contributed by atoms with Crippen molar-refractivity contribution in [1.29, 1.82) is 0 Å². The molecule has 7 heteroatoms. The van der Waals surface area contributed by atoms with Gasteiger partial charge in [0.1, 0.15) is 5.82 Å². The van der Waals surface area contributed by atoms with Crippen LogP contribution in [0.15, 0.2) is 30.6 Å². The van der Waals surface area contributed by atoms with E-state index in [1.807, 2.05) is 23.0 Å².